The lowest BCUT2D eigenvalue weighted by Crippen LogP contribution is -2.42. The molecule has 1 N–H and O–H groups in total. The first kappa shape index (κ1) is 21.6. The van der Waals surface area contributed by atoms with Gasteiger partial charge in [-0.3, -0.25) is 4.79 Å². The van der Waals surface area contributed by atoms with Crippen molar-refractivity contribution < 1.29 is 9.53 Å². The Hall–Kier alpha value is -1.64. The molecule has 0 aliphatic carbocycles. The van der Waals surface area contributed by atoms with Gasteiger partial charge in [0.05, 0.1) is 11.4 Å². The number of amides is 1. The number of nitrogens with zero attached hydrogens (tertiary/aromatic N) is 3. The van der Waals surface area contributed by atoms with Gasteiger partial charge in [0, 0.05) is 26.2 Å². The van der Waals surface area contributed by atoms with Crippen molar-refractivity contribution in [3.05, 3.63) is 35.9 Å². The maximum atomic E-state index is 12.9. The van der Waals surface area contributed by atoms with Gasteiger partial charge in [-0.05, 0) is 50.5 Å². The predicted octanol–water partition coefficient (Wildman–Crippen LogP) is 4.09. The van der Waals surface area contributed by atoms with Crippen LogP contribution in [0.2, 0.25) is 0 Å². The zero-order valence-electron chi connectivity index (χ0n) is 17.5. The Balaban J connectivity index is 1.20. The van der Waals surface area contributed by atoms with Crippen LogP contribution in [0.1, 0.15) is 38.2 Å². The molecule has 2 fully saturated rings. The van der Waals surface area contributed by atoms with Crippen molar-refractivity contribution in [1.82, 2.24) is 15.1 Å². The van der Waals surface area contributed by atoms with Gasteiger partial charge in [0.25, 0.3) is 0 Å². The molecule has 4 rings (SSSR count). The number of hydrogen-bond donors (Lipinski definition) is 1. The Morgan fingerprint density at radius 3 is 2.80 bits per heavy atom. The summed E-state index contributed by atoms with van der Waals surface area (Å²) in [5.74, 6) is 0.877. The molecule has 30 heavy (non-hydrogen) atoms. The van der Waals surface area contributed by atoms with E-state index in [1.165, 1.54) is 28.7 Å². The van der Waals surface area contributed by atoms with Gasteiger partial charge >= 0.3 is 0 Å². The van der Waals surface area contributed by atoms with E-state index < -0.39 is 0 Å². The molecule has 0 saturated carbocycles. The third-order valence-corrected chi connectivity index (χ3v) is 7.88. The summed E-state index contributed by atoms with van der Waals surface area (Å²) >= 11 is 3.02. The molecule has 1 aromatic carbocycles. The third kappa shape index (κ3) is 5.95. The first-order valence-electron chi connectivity index (χ1n) is 10.9. The highest BCUT2D eigenvalue weighted by atomic mass is 32.2. The lowest BCUT2D eigenvalue weighted by Gasteiger charge is -2.33. The van der Waals surface area contributed by atoms with Gasteiger partial charge in [-0.25, -0.2) is 0 Å². The fourth-order valence-corrected chi connectivity index (χ4v) is 6.09. The number of anilines is 1. The van der Waals surface area contributed by atoms with Gasteiger partial charge < -0.3 is 15.0 Å². The minimum atomic E-state index is -0.144. The molecule has 3 heterocycles. The van der Waals surface area contributed by atoms with E-state index in [4.69, 9.17) is 4.74 Å². The highest BCUT2D eigenvalue weighted by Gasteiger charge is 2.27. The summed E-state index contributed by atoms with van der Waals surface area (Å²) in [4.78, 5) is 14.9. The number of carbonyl (C=O) groups excluding carboxylic acids is 1. The molecule has 2 atom stereocenters. The van der Waals surface area contributed by atoms with E-state index in [9.17, 15) is 4.79 Å². The maximum Gasteiger partial charge on any atom is 0.235 e. The number of thioether (sulfide) groups is 1. The summed E-state index contributed by atoms with van der Waals surface area (Å²) in [6.07, 6.45) is 5.77. The number of nitrogens with one attached hydrogen (secondary N) is 1. The minimum Gasteiger partial charge on any atom is -0.376 e. The van der Waals surface area contributed by atoms with Crippen LogP contribution < -0.4 is 5.32 Å². The lowest BCUT2D eigenvalue weighted by atomic mass is 9.90. The van der Waals surface area contributed by atoms with Crippen molar-refractivity contribution >= 4 is 34.1 Å². The molecule has 1 amide bonds. The van der Waals surface area contributed by atoms with Crippen LogP contribution in [0.4, 0.5) is 5.13 Å². The van der Waals surface area contributed by atoms with Crippen LogP contribution in [0.3, 0.4) is 0 Å². The topological polar surface area (TPSA) is 67.4 Å². The first-order chi connectivity index (χ1) is 14.7. The molecule has 0 spiro atoms. The number of likely N-dealkylation sites (tertiary alicyclic amines) is 1. The van der Waals surface area contributed by atoms with E-state index in [1.54, 1.807) is 0 Å². The summed E-state index contributed by atoms with van der Waals surface area (Å²) in [6, 6.07) is 10.7. The fourth-order valence-electron chi connectivity index (χ4n) is 4.10. The number of ether oxygens (including phenoxy) is 1. The number of hydrogen-bond acceptors (Lipinski definition) is 7. The minimum absolute atomic E-state index is 0.144. The molecule has 162 valence electrons. The molecule has 2 saturated heterocycles. The van der Waals surface area contributed by atoms with Crippen molar-refractivity contribution in [2.24, 2.45) is 5.92 Å². The quantitative estimate of drug-likeness (QED) is 0.616. The average molecular weight is 447 g/mol. The van der Waals surface area contributed by atoms with Crippen molar-refractivity contribution in [1.29, 1.82) is 0 Å². The largest absolute Gasteiger partial charge is 0.376 e. The average Bonchev–Trinajstić information content (AvgIpc) is 3.45. The van der Waals surface area contributed by atoms with Crippen LogP contribution in [0.15, 0.2) is 34.7 Å². The Labute approximate surface area is 186 Å². The lowest BCUT2D eigenvalue weighted by molar-refractivity contribution is -0.131. The Bertz CT molecular complexity index is 802. The standard InChI is InChI=1S/C22H30N4O2S2/c1-16(29-22-25-24-21(30-22)23-15-19-8-5-13-28-19)20(27)26-11-9-18(10-12-26)14-17-6-3-2-4-7-17/h2-4,6-7,16,18-19H,5,8-15H2,1H3,(H,23,24). The summed E-state index contributed by atoms with van der Waals surface area (Å²) in [5.41, 5.74) is 1.39. The second-order valence-corrected chi connectivity index (χ2v) is 10.7. The van der Waals surface area contributed by atoms with Crippen molar-refractivity contribution in [3.8, 4) is 0 Å². The Morgan fingerprint density at radius 1 is 1.27 bits per heavy atom. The highest BCUT2D eigenvalue weighted by Crippen LogP contribution is 2.31. The zero-order chi connectivity index (χ0) is 20.8. The van der Waals surface area contributed by atoms with Crippen LogP contribution in [-0.4, -0.2) is 58.6 Å². The van der Waals surface area contributed by atoms with Crippen LogP contribution in [0.25, 0.3) is 0 Å². The van der Waals surface area contributed by atoms with E-state index in [1.807, 2.05) is 11.8 Å². The summed E-state index contributed by atoms with van der Waals surface area (Å²) < 4.78 is 6.46. The van der Waals surface area contributed by atoms with E-state index >= 15 is 0 Å². The van der Waals surface area contributed by atoms with Gasteiger partial charge in [-0.1, -0.05) is 53.4 Å². The van der Waals surface area contributed by atoms with E-state index in [-0.39, 0.29) is 17.3 Å². The normalized spacial score (nSPS) is 21.0. The molecule has 6 nitrogen and oxygen atoms in total. The molecule has 2 aliphatic rings. The molecule has 0 bridgehead atoms. The number of carbonyl (C=O) groups is 1. The van der Waals surface area contributed by atoms with Crippen LogP contribution >= 0.6 is 23.1 Å². The number of piperidine rings is 1. The summed E-state index contributed by atoms with van der Waals surface area (Å²) in [5, 5.41) is 12.4. The van der Waals surface area contributed by atoms with Crippen LogP contribution in [0, 0.1) is 5.92 Å². The Morgan fingerprint density at radius 2 is 2.07 bits per heavy atom. The molecule has 2 aromatic rings. The first-order valence-corrected chi connectivity index (χ1v) is 12.6. The Kier molecular flexibility index (Phi) is 7.62. The monoisotopic (exact) mass is 446 g/mol. The second-order valence-electron chi connectivity index (χ2n) is 8.11. The van der Waals surface area contributed by atoms with Crippen LogP contribution in [0.5, 0.6) is 0 Å². The van der Waals surface area contributed by atoms with E-state index in [2.05, 4.69) is 45.8 Å². The maximum absolute atomic E-state index is 12.9. The van der Waals surface area contributed by atoms with Gasteiger partial charge in [-0.2, -0.15) is 0 Å². The number of benzene rings is 1. The van der Waals surface area contributed by atoms with E-state index in [0.717, 1.165) is 67.8 Å². The third-order valence-electron chi connectivity index (χ3n) is 5.83. The van der Waals surface area contributed by atoms with Gasteiger partial charge in [0.1, 0.15) is 0 Å². The smallest absolute Gasteiger partial charge is 0.235 e. The van der Waals surface area contributed by atoms with Gasteiger partial charge in [-0.15, -0.1) is 10.2 Å². The molecule has 1 aromatic heterocycles. The molecular weight excluding hydrogens is 416 g/mol. The molecule has 2 aliphatic heterocycles. The second kappa shape index (κ2) is 10.6. The predicted molar refractivity (Wildman–Crippen MR) is 122 cm³/mol. The van der Waals surface area contributed by atoms with Crippen LogP contribution in [-0.2, 0) is 16.0 Å². The highest BCUT2D eigenvalue weighted by molar-refractivity contribution is 8.02. The molecular formula is C22H30N4O2S2. The van der Waals surface area contributed by atoms with E-state index in [0.29, 0.717) is 5.92 Å². The van der Waals surface area contributed by atoms with Gasteiger partial charge in [0.15, 0.2) is 4.34 Å². The van der Waals surface area contributed by atoms with Gasteiger partial charge in [0.2, 0.25) is 11.0 Å². The zero-order valence-corrected chi connectivity index (χ0v) is 19.1. The molecule has 0 radical (unpaired) electrons. The summed E-state index contributed by atoms with van der Waals surface area (Å²) in [6.45, 7) is 5.30. The van der Waals surface area contributed by atoms with Crippen molar-refractivity contribution in [2.75, 3.05) is 31.6 Å². The number of aromatic nitrogens is 2. The fraction of sp³-hybridized carbons (Fsp3) is 0.591. The SMILES string of the molecule is CC(Sc1nnc(NCC2CCCO2)s1)C(=O)N1CCC(Cc2ccccc2)CC1. The van der Waals surface area contributed by atoms with Crippen molar-refractivity contribution in [3.63, 3.8) is 0 Å². The molecule has 8 heteroatoms. The molecule has 2 unspecified atom stereocenters. The number of rotatable bonds is 8. The summed E-state index contributed by atoms with van der Waals surface area (Å²) in [7, 11) is 0. The van der Waals surface area contributed by atoms with Crippen molar-refractivity contribution in [2.45, 2.75) is 54.7 Å².